The van der Waals surface area contributed by atoms with Gasteiger partial charge in [0, 0.05) is 23.4 Å². The number of hydrogen-bond acceptors (Lipinski definition) is 9. The van der Waals surface area contributed by atoms with Gasteiger partial charge in [-0.2, -0.15) is 0 Å². The molecule has 1 amide bonds. The molecular formula is C29H28N2O8. The lowest BCUT2D eigenvalue weighted by Crippen LogP contribution is -2.36. The summed E-state index contributed by atoms with van der Waals surface area (Å²) in [5.74, 6) is 1.74. The Labute approximate surface area is 225 Å². The van der Waals surface area contributed by atoms with Gasteiger partial charge in [-0.3, -0.25) is 9.69 Å². The summed E-state index contributed by atoms with van der Waals surface area (Å²) in [6.45, 7) is 0.896. The van der Waals surface area contributed by atoms with Crippen LogP contribution in [-0.4, -0.2) is 58.5 Å². The number of cyclic esters (lactones) is 1. The largest absolute Gasteiger partial charge is 0.493 e. The molecule has 0 saturated heterocycles. The van der Waals surface area contributed by atoms with Crippen molar-refractivity contribution in [3.63, 3.8) is 0 Å². The molecule has 0 aromatic heterocycles. The summed E-state index contributed by atoms with van der Waals surface area (Å²) in [5.41, 5.74) is 3.89. The van der Waals surface area contributed by atoms with Crippen LogP contribution in [0.2, 0.25) is 0 Å². The van der Waals surface area contributed by atoms with Gasteiger partial charge in [-0.1, -0.05) is 12.1 Å². The van der Waals surface area contributed by atoms with Crippen molar-refractivity contribution in [1.82, 2.24) is 4.90 Å². The summed E-state index contributed by atoms with van der Waals surface area (Å²) in [5, 5.41) is 2.86. The minimum absolute atomic E-state index is 0.131. The molecule has 10 heteroatoms. The number of carbonyl (C=O) groups excluding carboxylic acids is 2. The average Bonchev–Trinajstić information content (AvgIpc) is 3.55. The summed E-state index contributed by atoms with van der Waals surface area (Å²) >= 11 is 0. The maximum atomic E-state index is 13.1. The Bertz CT molecular complexity index is 1490. The first-order valence-corrected chi connectivity index (χ1v) is 12.5. The van der Waals surface area contributed by atoms with Crippen LogP contribution in [-0.2, 0) is 11.2 Å². The monoisotopic (exact) mass is 532 g/mol. The number of amides is 1. The van der Waals surface area contributed by atoms with Crippen molar-refractivity contribution < 1.29 is 38.0 Å². The van der Waals surface area contributed by atoms with Gasteiger partial charge in [-0.15, -0.1) is 0 Å². The number of carbonyl (C=O) groups is 2. The average molecular weight is 533 g/mol. The third-order valence-corrected chi connectivity index (χ3v) is 7.46. The smallest absolute Gasteiger partial charge is 0.339 e. The number of hydrogen-bond donors (Lipinski definition) is 1. The van der Waals surface area contributed by atoms with Crippen LogP contribution in [0.5, 0.6) is 28.7 Å². The maximum Gasteiger partial charge on any atom is 0.339 e. The number of rotatable bonds is 6. The van der Waals surface area contributed by atoms with Crippen LogP contribution in [0.4, 0.5) is 5.69 Å². The molecule has 0 aliphatic carbocycles. The normalized spacial score (nSPS) is 19.1. The SMILES string of the molecule is COc1cccc(C(=O)Nc2ccc3c(c2)C(=O)OC3C2c3c(cc4c(c3OC)OCO4)CCN2C)c1OC. The van der Waals surface area contributed by atoms with E-state index in [9.17, 15) is 9.59 Å². The second kappa shape index (κ2) is 9.70. The van der Waals surface area contributed by atoms with E-state index in [0.29, 0.717) is 45.6 Å². The van der Waals surface area contributed by atoms with E-state index in [0.717, 1.165) is 29.7 Å². The highest BCUT2D eigenvalue weighted by atomic mass is 16.7. The molecule has 202 valence electrons. The van der Waals surface area contributed by atoms with Gasteiger partial charge in [0.15, 0.2) is 23.0 Å². The van der Waals surface area contributed by atoms with E-state index < -0.39 is 18.0 Å². The Morgan fingerprint density at radius 2 is 1.85 bits per heavy atom. The van der Waals surface area contributed by atoms with Gasteiger partial charge in [0.2, 0.25) is 12.5 Å². The molecule has 0 radical (unpaired) electrons. The van der Waals surface area contributed by atoms with E-state index in [1.165, 1.54) is 14.2 Å². The first kappa shape index (κ1) is 24.9. The number of methoxy groups -OCH3 is 3. The summed E-state index contributed by atoms with van der Waals surface area (Å²) in [4.78, 5) is 28.4. The molecule has 0 spiro atoms. The quantitative estimate of drug-likeness (QED) is 0.469. The van der Waals surface area contributed by atoms with Crippen molar-refractivity contribution in [2.45, 2.75) is 18.6 Å². The minimum Gasteiger partial charge on any atom is -0.493 e. The number of ether oxygens (including phenoxy) is 6. The number of fused-ring (bicyclic) bond motifs is 3. The van der Waals surface area contributed by atoms with E-state index in [-0.39, 0.29) is 12.8 Å². The minimum atomic E-state index is -0.575. The highest BCUT2D eigenvalue weighted by Crippen LogP contribution is 2.54. The van der Waals surface area contributed by atoms with Gasteiger partial charge in [0.1, 0.15) is 6.10 Å². The van der Waals surface area contributed by atoms with Crippen LogP contribution in [0.25, 0.3) is 0 Å². The number of benzene rings is 3. The fourth-order valence-electron chi connectivity index (χ4n) is 5.65. The number of anilines is 1. The molecule has 6 rings (SSSR count). The van der Waals surface area contributed by atoms with Crippen molar-refractivity contribution in [3.05, 3.63) is 70.3 Å². The number of nitrogens with zero attached hydrogens (tertiary/aromatic N) is 1. The van der Waals surface area contributed by atoms with Crippen LogP contribution in [0.3, 0.4) is 0 Å². The zero-order chi connectivity index (χ0) is 27.3. The van der Waals surface area contributed by atoms with Gasteiger partial charge in [0.25, 0.3) is 5.91 Å². The van der Waals surface area contributed by atoms with E-state index in [1.807, 2.05) is 19.2 Å². The van der Waals surface area contributed by atoms with Crippen molar-refractivity contribution in [3.8, 4) is 28.7 Å². The zero-order valence-electron chi connectivity index (χ0n) is 22.0. The van der Waals surface area contributed by atoms with Crippen LogP contribution in [0.1, 0.15) is 49.6 Å². The van der Waals surface area contributed by atoms with Gasteiger partial charge in [-0.25, -0.2) is 4.79 Å². The van der Waals surface area contributed by atoms with Crippen LogP contribution in [0, 0.1) is 0 Å². The molecule has 2 unspecified atom stereocenters. The molecule has 0 saturated carbocycles. The Hall–Kier alpha value is -4.44. The molecule has 3 heterocycles. The Kier molecular flexibility index (Phi) is 6.19. The van der Waals surface area contributed by atoms with Crippen LogP contribution in [0.15, 0.2) is 42.5 Å². The Morgan fingerprint density at radius 1 is 1.03 bits per heavy atom. The molecule has 10 nitrogen and oxygen atoms in total. The van der Waals surface area contributed by atoms with E-state index in [1.54, 1.807) is 37.4 Å². The molecule has 0 bridgehead atoms. The second-order valence-corrected chi connectivity index (χ2v) is 9.51. The summed E-state index contributed by atoms with van der Waals surface area (Å²) in [6.07, 6.45) is 0.218. The number of para-hydroxylation sites is 1. The van der Waals surface area contributed by atoms with Crippen molar-refractivity contribution >= 4 is 17.6 Å². The molecule has 3 aliphatic heterocycles. The predicted octanol–water partition coefficient (Wildman–Crippen LogP) is 4.13. The molecule has 2 atom stereocenters. The van der Waals surface area contributed by atoms with E-state index in [2.05, 4.69) is 10.2 Å². The Balaban J connectivity index is 1.34. The lowest BCUT2D eigenvalue weighted by Gasteiger charge is -2.38. The molecule has 3 aliphatic rings. The summed E-state index contributed by atoms with van der Waals surface area (Å²) in [6, 6.07) is 12.0. The zero-order valence-corrected chi connectivity index (χ0v) is 22.0. The predicted molar refractivity (Wildman–Crippen MR) is 140 cm³/mol. The lowest BCUT2D eigenvalue weighted by molar-refractivity contribution is 0.00881. The summed E-state index contributed by atoms with van der Waals surface area (Å²) in [7, 11) is 6.58. The third kappa shape index (κ3) is 3.99. The Morgan fingerprint density at radius 3 is 2.62 bits per heavy atom. The van der Waals surface area contributed by atoms with Crippen molar-refractivity contribution in [2.75, 3.05) is 47.0 Å². The molecule has 3 aromatic carbocycles. The molecule has 1 N–H and O–H groups in total. The molecule has 0 fully saturated rings. The van der Waals surface area contributed by atoms with Crippen LogP contribution >= 0.6 is 0 Å². The van der Waals surface area contributed by atoms with Crippen LogP contribution < -0.4 is 29.0 Å². The van der Waals surface area contributed by atoms with Gasteiger partial charge in [-0.05, 0) is 49.4 Å². The lowest BCUT2D eigenvalue weighted by atomic mass is 9.85. The van der Waals surface area contributed by atoms with Gasteiger partial charge >= 0.3 is 5.97 Å². The van der Waals surface area contributed by atoms with Gasteiger partial charge < -0.3 is 33.7 Å². The van der Waals surface area contributed by atoms with E-state index >= 15 is 0 Å². The fraction of sp³-hybridized carbons (Fsp3) is 0.310. The highest BCUT2D eigenvalue weighted by molar-refractivity contribution is 6.07. The number of nitrogens with one attached hydrogen (secondary N) is 1. The fourth-order valence-corrected chi connectivity index (χ4v) is 5.65. The number of esters is 1. The topological polar surface area (TPSA) is 105 Å². The molecule has 39 heavy (non-hydrogen) atoms. The first-order chi connectivity index (χ1) is 18.9. The summed E-state index contributed by atoms with van der Waals surface area (Å²) < 4.78 is 33.8. The standard InChI is InChI=1S/C29H28N2O8/c1-31-11-10-15-12-21-26(38-14-37-21)27(36-4)22(15)23(31)25-17-9-8-16(13-19(17)29(33)39-25)30-28(32)18-6-5-7-20(34-2)24(18)35-3/h5-9,12-13,23,25H,10-11,14H2,1-4H3,(H,30,32). The van der Waals surface area contributed by atoms with Crippen molar-refractivity contribution in [1.29, 1.82) is 0 Å². The molecule has 3 aromatic rings. The second-order valence-electron chi connectivity index (χ2n) is 9.51. The highest BCUT2D eigenvalue weighted by Gasteiger charge is 2.44. The van der Waals surface area contributed by atoms with E-state index in [4.69, 9.17) is 28.4 Å². The first-order valence-electron chi connectivity index (χ1n) is 12.5. The number of likely N-dealkylation sites (N-methyl/N-ethyl adjacent to an activating group) is 1. The third-order valence-electron chi connectivity index (χ3n) is 7.46. The van der Waals surface area contributed by atoms with Crippen molar-refractivity contribution in [2.24, 2.45) is 0 Å². The van der Waals surface area contributed by atoms with Gasteiger partial charge in [0.05, 0.1) is 38.5 Å². The molecular weight excluding hydrogens is 504 g/mol. The maximum absolute atomic E-state index is 13.1.